The molecule has 0 spiro atoms. The zero-order valence-corrected chi connectivity index (χ0v) is 18.0. The summed E-state index contributed by atoms with van der Waals surface area (Å²) in [5.41, 5.74) is 3.71. The van der Waals surface area contributed by atoms with Crippen molar-refractivity contribution < 1.29 is 14.3 Å². The minimum Gasteiger partial charge on any atom is -0.497 e. The molecule has 3 aromatic rings. The number of methoxy groups -OCH3 is 2. The van der Waals surface area contributed by atoms with Crippen molar-refractivity contribution in [3.63, 3.8) is 0 Å². The fraction of sp³-hybridized carbons (Fsp3) is 0.320. The maximum atomic E-state index is 12.9. The van der Waals surface area contributed by atoms with Crippen molar-refractivity contribution in [1.29, 1.82) is 0 Å². The van der Waals surface area contributed by atoms with Gasteiger partial charge >= 0.3 is 0 Å². The second-order valence-corrected chi connectivity index (χ2v) is 7.76. The van der Waals surface area contributed by atoms with E-state index in [1.165, 1.54) is 0 Å². The predicted molar refractivity (Wildman–Crippen MR) is 119 cm³/mol. The number of hydrogen-bond donors (Lipinski definition) is 0. The standard InChI is InChI=1S/C25H27N3O3/c1-30-21-10-8-18(9-11-21)13-25(29)28-12-4-6-20(17-28)24-16-26-15-23(27-24)19-5-3-7-22(14-19)31-2/h3,5,7-11,14-16,20H,4,6,12-13,17H2,1-2H3/t20-/m1/s1. The van der Waals surface area contributed by atoms with E-state index < -0.39 is 0 Å². The van der Waals surface area contributed by atoms with Crippen LogP contribution in [0, 0.1) is 0 Å². The normalized spacial score (nSPS) is 16.1. The van der Waals surface area contributed by atoms with Crippen LogP contribution < -0.4 is 9.47 Å². The van der Waals surface area contributed by atoms with E-state index in [0.29, 0.717) is 13.0 Å². The Morgan fingerprint density at radius 3 is 2.65 bits per heavy atom. The van der Waals surface area contributed by atoms with E-state index in [0.717, 1.165) is 53.4 Å². The monoisotopic (exact) mass is 417 g/mol. The van der Waals surface area contributed by atoms with E-state index in [9.17, 15) is 4.79 Å². The summed E-state index contributed by atoms with van der Waals surface area (Å²) in [6.45, 7) is 1.46. The number of likely N-dealkylation sites (tertiary alicyclic amines) is 1. The third kappa shape index (κ3) is 5.02. The molecule has 2 aromatic carbocycles. The number of aromatic nitrogens is 2. The number of ether oxygens (including phenoxy) is 2. The second kappa shape index (κ2) is 9.60. The van der Waals surface area contributed by atoms with Gasteiger partial charge in [0.15, 0.2) is 0 Å². The Labute approximate surface area is 182 Å². The van der Waals surface area contributed by atoms with Gasteiger partial charge in [0, 0.05) is 30.8 Å². The summed E-state index contributed by atoms with van der Waals surface area (Å²) in [5, 5.41) is 0. The minimum atomic E-state index is 0.145. The molecule has 0 aliphatic carbocycles. The molecule has 1 fully saturated rings. The fourth-order valence-corrected chi connectivity index (χ4v) is 3.97. The van der Waals surface area contributed by atoms with Crippen LogP contribution >= 0.6 is 0 Å². The van der Waals surface area contributed by atoms with Crippen molar-refractivity contribution in [2.45, 2.75) is 25.2 Å². The van der Waals surface area contributed by atoms with Crippen molar-refractivity contribution >= 4 is 5.91 Å². The summed E-state index contributed by atoms with van der Waals surface area (Å²) >= 11 is 0. The fourth-order valence-electron chi connectivity index (χ4n) is 3.97. The van der Waals surface area contributed by atoms with E-state index >= 15 is 0 Å². The van der Waals surface area contributed by atoms with Gasteiger partial charge in [0.05, 0.1) is 38.2 Å². The molecule has 1 saturated heterocycles. The quantitative estimate of drug-likeness (QED) is 0.604. The first-order chi connectivity index (χ1) is 15.2. The minimum absolute atomic E-state index is 0.145. The molecule has 6 nitrogen and oxygen atoms in total. The van der Waals surface area contributed by atoms with Gasteiger partial charge in [0.2, 0.25) is 5.91 Å². The third-order valence-electron chi connectivity index (χ3n) is 5.73. The molecule has 0 N–H and O–H groups in total. The van der Waals surface area contributed by atoms with E-state index in [1.807, 2.05) is 59.6 Å². The molecule has 1 aliphatic heterocycles. The Morgan fingerprint density at radius 1 is 1.06 bits per heavy atom. The third-order valence-corrected chi connectivity index (χ3v) is 5.73. The topological polar surface area (TPSA) is 64.5 Å². The van der Waals surface area contributed by atoms with Crippen molar-refractivity contribution in [3.8, 4) is 22.8 Å². The van der Waals surface area contributed by atoms with Crippen LogP contribution in [0.4, 0.5) is 0 Å². The second-order valence-electron chi connectivity index (χ2n) is 7.76. The summed E-state index contributed by atoms with van der Waals surface area (Å²) in [7, 11) is 3.29. The first-order valence-electron chi connectivity index (χ1n) is 10.5. The largest absolute Gasteiger partial charge is 0.497 e. The van der Waals surface area contributed by atoms with Crippen LogP contribution in [0.1, 0.15) is 30.0 Å². The number of piperidine rings is 1. The van der Waals surface area contributed by atoms with Crippen molar-refractivity contribution in [3.05, 3.63) is 72.2 Å². The lowest BCUT2D eigenvalue weighted by molar-refractivity contribution is -0.131. The van der Waals surface area contributed by atoms with Gasteiger partial charge in [-0.1, -0.05) is 24.3 Å². The van der Waals surface area contributed by atoms with Crippen molar-refractivity contribution in [1.82, 2.24) is 14.9 Å². The van der Waals surface area contributed by atoms with Gasteiger partial charge in [-0.3, -0.25) is 9.78 Å². The van der Waals surface area contributed by atoms with E-state index in [4.69, 9.17) is 14.5 Å². The molecule has 4 rings (SSSR count). The van der Waals surface area contributed by atoms with Crippen LogP contribution in [-0.4, -0.2) is 48.1 Å². The molecular weight excluding hydrogens is 390 g/mol. The van der Waals surface area contributed by atoms with Crippen molar-refractivity contribution in [2.24, 2.45) is 0 Å². The van der Waals surface area contributed by atoms with Gasteiger partial charge < -0.3 is 14.4 Å². The lowest BCUT2D eigenvalue weighted by atomic mass is 9.94. The molecule has 1 aliphatic rings. The summed E-state index contributed by atoms with van der Waals surface area (Å²) in [5.74, 6) is 1.92. The van der Waals surface area contributed by atoms with Crippen molar-refractivity contribution in [2.75, 3.05) is 27.3 Å². The molecule has 0 radical (unpaired) electrons. The van der Waals surface area contributed by atoms with E-state index in [2.05, 4.69) is 4.98 Å². The van der Waals surface area contributed by atoms with Crippen LogP contribution in [0.3, 0.4) is 0 Å². The summed E-state index contributed by atoms with van der Waals surface area (Å²) in [6, 6.07) is 15.5. The lowest BCUT2D eigenvalue weighted by Crippen LogP contribution is -2.40. The van der Waals surface area contributed by atoms with Gasteiger partial charge in [-0.05, 0) is 42.7 Å². The number of amides is 1. The molecular formula is C25H27N3O3. The van der Waals surface area contributed by atoms with Gasteiger partial charge in [-0.15, -0.1) is 0 Å². The molecule has 160 valence electrons. The number of nitrogens with zero attached hydrogens (tertiary/aromatic N) is 3. The van der Waals surface area contributed by atoms with Gasteiger partial charge in [-0.2, -0.15) is 0 Å². The summed E-state index contributed by atoms with van der Waals surface area (Å²) < 4.78 is 10.5. The van der Waals surface area contributed by atoms with Gasteiger partial charge in [0.25, 0.3) is 0 Å². The smallest absolute Gasteiger partial charge is 0.227 e. The highest BCUT2D eigenvalue weighted by Crippen LogP contribution is 2.28. The SMILES string of the molecule is COc1ccc(CC(=O)N2CCC[C@@H](c3cncc(-c4cccc(OC)c4)n3)C2)cc1. The van der Waals surface area contributed by atoms with Crippen LogP contribution in [0.5, 0.6) is 11.5 Å². The average Bonchev–Trinajstić information content (AvgIpc) is 2.84. The zero-order valence-electron chi connectivity index (χ0n) is 18.0. The number of rotatable bonds is 6. The van der Waals surface area contributed by atoms with Crippen LogP contribution in [0.25, 0.3) is 11.3 Å². The summed E-state index contributed by atoms with van der Waals surface area (Å²) in [4.78, 5) is 24.2. The predicted octanol–water partition coefficient (Wildman–Crippen LogP) is 4.11. The van der Waals surface area contributed by atoms with Crippen LogP contribution in [0.2, 0.25) is 0 Å². The molecule has 31 heavy (non-hydrogen) atoms. The molecule has 0 saturated carbocycles. The Kier molecular flexibility index (Phi) is 6.46. The Morgan fingerprint density at radius 2 is 1.87 bits per heavy atom. The first-order valence-corrected chi connectivity index (χ1v) is 10.5. The molecule has 1 amide bonds. The molecule has 1 aromatic heterocycles. The first kappa shape index (κ1) is 20.8. The number of carbonyl (C=O) groups excluding carboxylic acids is 1. The molecule has 6 heteroatoms. The Bertz CT molecular complexity index is 1040. The van der Waals surface area contributed by atoms with E-state index in [-0.39, 0.29) is 11.8 Å². The molecule has 0 bridgehead atoms. The summed E-state index contributed by atoms with van der Waals surface area (Å²) in [6.07, 6.45) is 5.96. The molecule has 2 heterocycles. The Balaban J connectivity index is 1.46. The van der Waals surface area contributed by atoms with Gasteiger partial charge in [0.1, 0.15) is 11.5 Å². The van der Waals surface area contributed by atoms with Gasteiger partial charge in [-0.25, -0.2) is 4.98 Å². The molecule has 1 atom stereocenters. The molecule has 0 unspecified atom stereocenters. The van der Waals surface area contributed by atoms with E-state index in [1.54, 1.807) is 20.4 Å². The lowest BCUT2D eigenvalue weighted by Gasteiger charge is -2.32. The highest BCUT2D eigenvalue weighted by molar-refractivity contribution is 5.79. The number of benzene rings is 2. The zero-order chi connectivity index (χ0) is 21.6. The average molecular weight is 418 g/mol. The van der Waals surface area contributed by atoms with Crippen LogP contribution in [-0.2, 0) is 11.2 Å². The number of hydrogen-bond acceptors (Lipinski definition) is 5. The Hall–Kier alpha value is -3.41. The number of carbonyl (C=O) groups is 1. The highest BCUT2D eigenvalue weighted by Gasteiger charge is 2.26. The highest BCUT2D eigenvalue weighted by atomic mass is 16.5. The maximum absolute atomic E-state index is 12.9. The van der Waals surface area contributed by atoms with Crippen LogP contribution in [0.15, 0.2) is 60.9 Å². The maximum Gasteiger partial charge on any atom is 0.227 e.